The number of rotatable bonds is 6. The summed E-state index contributed by atoms with van der Waals surface area (Å²) in [6.07, 6.45) is 0. The molecule has 0 spiro atoms. The summed E-state index contributed by atoms with van der Waals surface area (Å²) in [4.78, 5) is 17.1. The summed E-state index contributed by atoms with van der Waals surface area (Å²) in [7, 11) is 0. The van der Waals surface area contributed by atoms with Crippen LogP contribution in [-0.4, -0.2) is 55.0 Å². The molecule has 150 valence electrons. The zero-order chi connectivity index (χ0) is 20.1. The molecule has 0 bridgehead atoms. The quantitative estimate of drug-likeness (QED) is 0.830. The number of benzene rings is 2. The zero-order valence-electron chi connectivity index (χ0n) is 17.7. The van der Waals surface area contributed by atoms with Gasteiger partial charge in [-0.1, -0.05) is 30.3 Å². The van der Waals surface area contributed by atoms with Gasteiger partial charge >= 0.3 is 0 Å². The van der Waals surface area contributed by atoms with E-state index in [1.165, 1.54) is 22.3 Å². The first-order chi connectivity index (χ1) is 13.5. The van der Waals surface area contributed by atoms with Crippen molar-refractivity contribution < 1.29 is 4.79 Å². The van der Waals surface area contributed by atoms with Crippen molar-refractivity contribution in [1.29, 1.82) is 0 Å². The lowest BCUT2D eigenvalue weighted by atomic mass is 9.93. The highest BCUT2D eigenvalue weighted by Gasteiger charge is 2.24. The Balaban J connectivity index is 1.93. The van der Waals surface area contributed by atoms with Crippen LogP contribution in [0.5, 0.6) is 0 Å². The number of carbonyl (C=O) groups is 1. The van der Waals surface area contributed by atoms with Crippen molar-refractivity contribution in [2.75, 3.05) is 39.3 Å². The Kier molecular flexibility index (Phi) is 6.87. The number of nitrogens with zero attached hydrogens (tertiary/aromatic N) is 2. The minimum Gasteiger partial charge on any atom is -0.339 e. The number of amides is 1. The minimum atomic E-state index is 0.112. The van der Waals surface area contributed by atoms with E-state index in [4.69, 9.17) is 0 Å². The number of hydrogen-bond donors (Lipinski definition) is 1. The molecule has 1 aliphatic heterocycles. The van der Waals surface area contributed by atoms with E-state index in [-0.39, 0.29) is 11.9 Å². The zero-order valence-corrected chi connectivity index (χ0v) is 17.7. The maximum Gasteiger partial charge on any atom is 0.253 e. The summed E-state index contributed by atoms with van der Waals surface area (Å²) in [5.41, 5.74) is 6.00. The van der Waals surface area contributed by atoms with Crippen molar-refractivity contribution in [2.45, 2.75) is 33.7 Å². The van der Waals surface area contributed by atoms with Crippen molar-refractivity contribution in [2.24, 2.45) is 0 Å². The molecule has 2 aromatic carbocycles. The number of nitrogens with one attached hydrogen (secondary N) is 1. The first-order valence-corrected chi connectivity index (χ1v) is 10.5. The highest BCUT2D eigenvalue weighted by molar-refractivity contribution is 5.94. The lowest BCUT2D eigenvalue weighted by Crippen LogP contribution is -2.45. The Morgan fingerprint density at radius 2 is 1.57 bits per heavy atom. The smallest absolute Gasteiger partial charge is 0.253 e. The van der Waals surface area contributed by atoms with Gasteiger partial charge in [0.15, 0.2) is 0 Å². The van der Waals surface area contributed by atoms with E-state index < -0.39 is 0 Å². The Morgan fingerprint density at radius 1 is 0.964 bits per heavy atom. The van der Waals surface area contributed by atoms with Gasteiger partial charge in [-0.2, -0.15) is 0 Å². The molecular formula is C24H33N3O. The van der Waals surface area contributed by atoms with Gasteiger partial charge in [0, 0.05) is 44.8 Å². The Morgan fingerprint density at radius 3 is 2.14 bits per heavy atom. The second-order valence-corrected chi connectivity index (χ2v) is 7.63. The molecule has 1 aliphatic rings. The second kappa shape index (κ2) is 9.35. The summed E-state index contributed by atoms with van der Waals surface area (Å²) in [5, 5.41) is 3.45. The van der Waals surface area contributed by atoms with Crippen LogP contribution in [0.25, 0.3) is 0 Å². The topological polar surface area (TPSA) is 35.6 Å². The van der Waals surface area contributed by atoms with Crippen LogP contribution in [0.3, 0.4) is 0 Å². The summed E-state index contributed by atoms with van der Waals surface area (Å²) >= 11 is 0. The molecular weight excluding hydrogens is 346 g/mol. The third-order valence-corrected chi connectivity index (χ3v) is 5.89. The number of piperazine rings is 1. The lowest BCUT2D eigenvalue weighted by Gasteiger charge is -2.36. The van der Waals surface area contributed by atoms with E-state index in [1.54, 1.807) is 0 Å². The summed E-state index contributed by atoms with van der Waals surface area (Å²) in [6, 6.07) is 15.3. The minimum absolute atomic E-state index is 0.112. The molecule has 1 N–H and O–H groups in total. The van der Waals surface area contributed by atoms with E-state index in [0.717, 1.165) is 44.8 Å². The highest BCUT2D eigenvalue weighted by Crippen LogP contribution is 2.30. The first kappa shape index (κ1) is 20.6. The first-order valence-electron chi connectivity index (χ1n) is 10.5. The van der Waals surface area contributed by atoms with Gasteiger partial charge < -0.3 is 10.2 Å². The van der Waals surface area contributed by atoms with Crippen molar-refractivity contribution in [3.8, 4) is 0 Å². The van der Waals surface area contributed by atoms with Gasteiger partial charge in [0.1, 0.15) is 0 Å². The third-order valence-electron chi connectivity index (χ3n) is 5.89. The highest BCUT2D eigenvalue weighted by atomic mass is 16.2. The van der Waals surface area contributed by atoms with E-state index in [0.29, 0.717) is 0 Å². The molecule has 0 radical (unpaired) electrons. The fourth-order valence-corrected chi connectivity index (χ4v) is 3.99. The standard InChI is InChI=1S/C24H33N3O/c1-5-26(6-2)24(28)21-11-9-20(10-12-21)23(27-15-13-25-14-16-27)22-8-7-18(3)19(4)17-22/h7-12,17,23,25H,5-6,13-16H2,1-4H3. The molecule has 4 nitrogen and oxygen atoms in total. The van der Waals surface area contributed by atoms with E-state index in [2.05, 4.69) is 54.4 Å². The molecule has 1 saturated heterocycles. The molecule has 1 heterocycles. The average molecular weight is 380 g/mol. The maximum absolute atomic E-state index is 12.6. The van der Waals surface area contributed by atoms with Crippen LogP contribution >= 0.6 is 0 Å². The Hall–Kier alpha value is -2.17. The molecule has 0 saturated carbocycles. The van der Waals surface area contributed by atoms with Crippen molar-refractivity contribution in [1.82, 2.24) is 15.1 Å². The Bertz CT molecular complexity index is 790. The molecule has 1 atom stereocenters. The van der Waals surface area contributed by atoms with Crippen molar-refractivity contribution in [3.63, 3.8) is 0 Å². The molecule has 1 amide bonds. The summed E-state index contributed by atoms with van der Waals surface area (Å²) in [5.74, 6) is 0.112. The van der Waals surface area contributed by atoms with Crippen LogP contribution in [0, 0.1) is 13.8 Å². The predicted octanol–water partition coefficient (Wildman–Crippen LogP) is 3.78. The fourth-order valence-electron chi connectivity index (χ4n) is 3.99. The average Bonchev–Trinajstić information content (AvgIpc) is 2.73. The summed E-state index contributed by atoms with van der Waals surface area (Å²) < 4.78 is 0. The van der Waals surface area contributed by atoms with E-state index >= 15 is 0 Å². The molecule has 3 rings (SSSR count). The number of hydrogen-bond acceptors (Lipinski definition) is 3. The van der Waals surface area contributed by atoms with Gasteiger partial charge in [-0.15, -0.1) is 0 Å². The fraction of sp³-hybridized carbons (Fsp3) is 0.458. The molecule has 2 aromatic rings. The number of aryl methyl sites for hydroxylation is 2. The van der Waals surface area contributed by atoms with Crippen LogP contribution in [-0.2, 0) is 0 Å². The van der Waals surface area contributed by atoms with Gasteiger partial charge in [0.25, 0.3) is 5.91 Å². The molecule has 0 aliphatic carbocycles. The monoisotopic (exact) mass is 379 g/mol. The Labute approximate surface area is 169 Å². The van der Waals surface area contributed by atoms with Gasteiger partial charge in [-0.3, -0.25) is 9.69 Å². The third kappa shape index (κ3) is 4.45. The van der Waals surface area contributed by atoms with Gasteiger partial charge in [0.05, 0.1) is 6.04 Å². The maximum atomic E-state index is 12.6. The van der Waals surface area contributed by atoms with Crippen molar-refractivity contribution >= 4 is 5.91 Å². The molecule has 1 fully saturated rings. The van der Waals surface area contributed by atoms with E-state index in [1.807, 2.05) is 30.9 Å². The molecule has 0 aromatic heterocycles. The van der Waals surface area contributed by atoms with Gasteiger partial charge in [0.2, 0.25) is 0 Å². The molecule has 1 unspecified atom stereocenters. The van der Waals surface area contributed by atoms with Gasteiger partial charge in [-0.05, 0) is 62.1 Å². The van der Waals surface area contributed by atoms with Gasteiger partial charge in [-0.25, -0.2) is 0 Å². The number of carbonyl (C=O) groups excluding carboxylic acids is 1. The molecule has 28 heavy (non-hydrogen) atoms. The van der Waals surface area contributed by atoms with Crippen LogP contribution in [0.15, 0.2) is 42.5 Å². The van der Waals surface area contributed by atoms with Crippen LogP contribution in [0.2, 0.25) is 0 Å². The normalized spacial score (nSPS) is 16.0. The van der Waals surface area contributed by atoms with Crippen molar-refractivity contribution in [3.05, 3.63) is 70.3 Å². The largest absolute Gasteiger partial charge is 0.339 e. The van der Waals surface area contributed by atoms with Crippen LogP contribution < -0.4 is 5.32 Å². The van der Waals surface area contributed by atoms with Crippen LogP contribution in [0.1, 0.15) is 52.5 Å². The van der Waals surface area contributed by atoms with E-state index in [9.17, 15) is 4.79 Å². The van der Waals surface area contributed by atoms with Crippen LogP contribution in [0.4, 0.5) is 0 Å². The second-order valence-electron chi connectivity index (χ2n) is 7.63. The summed E-state index contributed by atoms with van der Waals surface area (Å²) in [6.45, 7) is 13.9. The SMILES string of the molecule is CCN(CC)C(=O)c1ccc(C(c2ccc(C)c(C)c2)N2CCNCC2)cc1. The molecule has 4 heteroatoms. The lowest BCUT2D eigenvalue weighted by molar-refractivity contribution is 0.0773. The predicted molar refractivity (Wildman–Crippen MR) is 116 cm³/mol.